The van der Waals surface area contributed by atoms with Gasteiger partial charge in [0.05, 0.1) is 19.2 Å². The molecule has 30 heavy (non-hydrogen) atoms. The van der Waals surface area contributed by atoms with Crippen LogP contribution in [0.3, 0.4) is 0 Å². The number of rotatable bonds is 3. The van der Waals surface area contributed by atoms with Crippen LogP contribution >= 0.6 is 11.6 Å². The van der Waals surface area contributed by atoms with E-state index in [0.29, 0.717) is 17.9 Å². The maximum atomic E-state index is 13.0. The number of esters is 1. The Morgan fingerprint density at radius 3 is 2.80 bits per heavy atom. The van der Waals surface area contributed by atoms with Crippen molar-refractivity contribution in [2.24, 2.45) is 0 Å². The standard InChI is InChI=1S/C22H21ClN2O5/c1-28-22(27)16-9-14-13-4-2-3-5-15(13)24-20(14)21(25(16)19(26)10-23)12-6-7-17-18(8-12)30-11-29-17/h2-8,14,16,20-21,24H,9-11H2,1H3/t14-,16+,20-,21+/m1/s1. The molecular formula is C22H21ClN2O5. The van der Waals surface area contributed by atoms with E-state index in [0.717, 1.165) is 16.8 Å². The zero-order valence-electron chi connectivity index (χ0n) is 16.3. The second-order valence-corrected chi connectivity index (χ2v) is 7.90. The molecule has 1 amide bonds. The summed E-state index contributed by atoms with van der Waals surface area (Å²) in [6, 6.07) is 12.4. The minimum atomic E-state index is -0.731. The molecule has 3 aliphatic rings. The first kappa shape index (κ1) is 19.1. The van der Waals surface area contributed by atoms with Gasteiger partial charge in [0.2, 0.25) is 12.7 Å². The highest BCUT2D eigenvalue weighted by Gasteiger charge is 2.51. The highest BCUT2D eigenvalue weighted by Crippen LogP contribution is 2.51. The first-order valence-electron chi connectivity index (χ1n) is 9.82. The van der Waals surface area contributed by atoms with Crippen LogP contribution in [0.1, 0.15) is 29.5 Å². The normalized spacial score (nSPS) is 25.9. The van der Waals surface area contributed by atoms with Crippen molar-refractivity contribution in [3.63, 3.8) is 0 Å². The summed E-state index contributed by atoms with van der Waals surface area (Å²) in [7, 11) is 1.34. The van der Waals surface area contributed by atoms with Gasteiger partial charge in [-0.15, -0.1) is 11.6 Å². The minimum absolute atomic E-state index is 0.0418. The molecule has 1 fully saturated rings. The van der Waals surface area contributed by atoms with Crippen molar-refractivity contribution in [1.82, 2.24) is 4.90 Å². The number of likely N-dealkylation sites (tertiary alicyclic amines) is 1. The zero-order chi connectivity index (χ0) is 20.8. The number of hydrogen-bond acceptors (Lipinski definition) is 6. The van der Waals surface area contributed by atoms with Crippen LogP contribution in [-0.4, -0.2) is 48.6 Å². The number of para-hydroxylation sites is 1. The van der Waals surface area contributed by atoms with Gasteiger partial charge in [0.15, 0.2) is 11.5 Å². The molecule has 2 aromatic rings. The molecule has 1 saturated heterocycles. The molecule has 0 spiro atoms. The predicted octanol–water partition coefficient (Wildman–Crippen LogP) is 3.05. The number of methoxy groups -OCH3 is 1. The molecule has 0 radical (unpaired) electrons. The zero-order valence-corrected chi connectivity index (χ0v) is 17.1. The van der Waals surface area contributed by atoms with E-state index in [1.54, 1.807) is 4.90 Å². The smallest absolute Gasteiger partial charge is 0.328 e. The van der Waals surface area contributed by atoms with Crippen LogP contribution in [0.4, 0.5) is 5.69 Å². The fraction of sp³-hybridized carbons (Fsp3) is 0.364. The van der Waals surface area contributed by atoms with Gasteiger partial charge in [0.25, 0.3) is 0 Å². The molecular weight excluding hydrogens is 408 g/mol. The first-order chi connectivity index (χ1) is 14.6. The Balaban J connectivity index is 1.65. The van der Waals surface area contributed by atoms with E-state index in [-0.39, 0.29) is 30.5 Å². The van der Waals surface area contributed by atoms with Crippen molar-refractivity contribution in [2.45, 2.75) is 30.5 Å². The number of fused-ring (bicyclic) bond motifs is 4. The van der Waals surface area contributed by atoms with Gasteiger partial charge in [-0.2, -0.15) is 0 Å². The Morgan fingerprint density at radius 2 is 2.00 bits per heavy atom. The van der Waals surface area contributed by atoms with Gasteiger partial charge in [0.1, 0.15) is 11.9 Å². The lowest BCUT2D eigenvalue weighted by molar-refractivity contribution is -0.157. The van der Waals surface area contributed by atoms with Crippen molar-refractivity contribution >= 4 is 29.2 Å². The lowest BCUT2D eigenvalue weighted by Gasteiger charge is -2.47. The summed E-state index contributed by atoms with van der Waals surface area (Å²) in [4.78, 5) is 27.3. The number of nitrogens with one attached hydrogen (secondary N) is 1. The van der Waals surface area contributed by atoms with Gasteiger partial charge in [-0.25, -0.2) is 4.79 Å². The summed E-state index contributed by atoms with van der Waals surface area (Å²) in [5.74, 6) is 0.346. The molecule has 0 aliphatic carbocycles. The Kier molecular flexibility index (Phi) is 4.70. The summed E-state index contributed by atoms with van der Waals surface area (Å²) in [6.45, 7) is 0.161. The van der Waals surface area contributed by atoms with Gasteiger partial charge in [-0.1, -0.05) is 24.3 Å². The molecule has 1 N–H and O–H groups in total. The van der Waals surface area contributed by atoms with Crippen LogP contribution in [0, 0.1) is 0 Å². The second kappa shape index (κ2) is 7.40. The van der Waals surface area contributed by atoms with Crippen molar-refractivity contribution < 1.29 is 23.8 Å². The highest BCUT2D eigenvalue weighted by atomic mass is 35.5. The van der Waals surface area contributed by atoms with Crippen LogP contribution < -0.4 is 14.8 Å². The third-order valence-electron chi connectivity index (χ3n) is 6.18. The molecule has 0 aromatic heterocycles. The van der Waals surface area contributed by atoms with E-state index in [2.05, 4.69) is 11.4 Å². The number of hydrogen-bond donors (Lipinski definition) is 1. The number of benzene rings is 2. The van der Waals surface area contributed by atoms with E-state index >= 15 is 0 Å². The molecule has 0 unspecified atom stereocenters. The number of halogens is 1. The lowest BCUT2D eigenvalue weighted by Crippen LogP contribution is -2.57. The fourth-order valence-corrected chi connectivity index (χ4v) is 5.07. The lowest BCUT2D eigenvalue weighted by atomic mass is 9.77. The van der Waals surface area contributed by atoms with E-state index in [1.165, 1.54) is 7.11 Å². The minimum Gasteiger partial charge on any atom is -0.467 e. The molecule has 4 atom stereocenters. The summed E-state index contributed by atoms with van der Waals surface area (Å²) < 4.78 is 16.1. The number of anilines is 1. The Hall–Kier alpha value is -2.93. The SMILES string of the molecule is COC(=O)[C@@H]1C[C@@H]2c3ccccc3N[C@H]2[C@H](c2ccc3c(c2)OCO3)N1C(=O)CCl. The molecule has 8 heteroatoms. The number of nitrogens with zero attached hydrogens (tertiary/aromatic N) is 1. The number of piperidine rings is 1. The van der Waals surface area contributed by atoms with Crippen LogP contribution in [0.2, 0.25) is 0 Å². The third-order valence-corrected chi connectivity index (χ3v) is 6.41. The van der Waals surface area contributed by atoms with Crippen molar-refractivity contribution in [3.8, 4) is 11.5 Å². The average molecular weight is 429 g/mol. The van der Waals surface area contributed by atoms with E-state index in [9.17, 15) is 9.59 Å². The van der Waals surface area contributed by atoms with Gasteiger partial charge < -0.3 is 24.4 Å². The molecule has 0 saturated carbocycles. The molecule has 2 aromatic carbocycles. The molecule has 5 rings (SSSR count). The maximum Gasteiger partial charge on any atom is 0.328 e. The van der Waals surface area contributed by atoms with Crippen LogP contribution in [0.25, 0.3) is 0 Å². The van der Waals surface area contributed by atoms with E-state index in [1.807, 2.05) is 36.4 Å². The van der Waals surface area contributed by atoms with Crippen molar-refractivity contribution in [3.05, 3.63) is 53.6 Å². The third kappa shape index (κ3) is 2.88. The number of alkyl halides is 1. The highest BCUT2D eigenvalue weighted by molar-refractivity contribution is 6.27. The summed E-state index contributed by atoms with van der Waals surface area (Å²) in [5.41, 5.74) is 3.00. The fourth-order valence-electron chi connectivity index (χ4n) is 4.93. The van der Waals surface area contributed by atoms with E-state index in [4.69, 9.17) is 25.8 Å². The van der Waals surface area contributed by atoms with Gasteiger partial charge in [0, 0.05) is 11.6 Å². The van der Waals surface area contributed by atoms with Crippen LogP contribution in [0.5, 0.6) is 11.5 Å². The number of carbonyl (C=O) groups excluding carboxylic acids is 2. The van der Waals surface area contributed by atoms with Crippen LogP contribution in [0.15, 0.2) is 42.5 Å². The quantitative estimate of drug-likeness (QED) is 0.598. The number of amides is 1. The molecule has 7 nitrogen and oxygen atoms in total. The average Bonchev–Trinajstić information content (AvgIpc) is 3.40. The first-order valence-corrected chi connectivity index (χ1v) is 10.4. The number of ether oxygens (including phenoxy) is 3. The van der Waals surface area contributed by atoms with E-state index < -0.39 is 18.1 Å². The van der Waals surface area contributed by atoms with Crippen molar-refractivity contribution in [2.75, 3.05) is 25.1 Å². The van der Waals surface area contributed by atoms with Crippen molar-refractivity contribution in [1.29, 1.82) is 0 Å². The second-order valence-electron chi connectivity index (χ2n) is 7.63. The van der Waals surface area contributed by atoms with Crippen LogP contribution in [-0.2, 0) is 14.3 Å². The predicted molar refractivity (Wildman–Crippen MR) is 110 cm³/mol. The molecule has 3 aliphatic heterocycles. The Labute approximate surface area is 178 Å². The topological polar surface area (TPSA) is 77.1 Å². The van der Waals surface area contributed by atoms with Gasteiger partial charge in [-0.3, -0.25) is 4.79 Å². The summed E-state index contributed by atoms with van der Waals surface area (Å²) in [6.07, 6.45) is 0.463. The van der Waals surface area contributed by atoms with Gasteiger partial charge in [-0.05, 0) is 35.7 Å². The largest absolute Gasteiger partial charge is 0.467 e. The molecule has 156 valence electrons. The molecule has 0 bridgehead atoms. The Morgan fingerprint density at radius 1 is 1.20 bits per heavy atom. The summed E-state index contributed by atoms with van der Waals surface area (Å²) in [5, 5.41) is 3.58. The Bertz CT molecular complexity index is 1010. The number of carbonyl (C=O) groups is 2. The molecule has 3 heterocycles. The summed E-state index contributed by atoms with van der Waals surface area (Å²) >= 11 is 5.97. The monoisotopic (exact) mass is 428 g/mol. The maximum absolute atomic E-state index is 13.0. The van der Waals surface area contributed by atoms with Gasteiger partial charge >= 0.3 is 5.97 Å².